The molecule has 2 nitrogen and oxygen atoms in total. The number of alkyl halides is 1. The highest BCUT2D eigenvalue weighted by Gasteiger charge is 2.17. The number of oxazole rings is 1. The van der Waals surface area contributed by atoms with Gasteiger partial charge in [0.1, 0.15) is 11.6 Å². The second-order valence-electron chi connectivity index (χ2n) is 3.96. The van der Waals surface area contributed by atoms with Crippen molar-refractivity contribution in [3.8, 4) is 11.3 Å². The Morgan fingerprint density at radius 1 is 1.33 bits per heavy atom. The summed E-state index contributed by atoms with van der Waals surface area (Å²) < 4.78 is 32.8. The fourth-order valence-corrected chi connectivity index (χ4v) is 1.78. The summed E-state index contributed by atoms with van der Waals surface area (Å²) in [6.07, 6.45) is 2.60. The molecule has 0 saturated carbocycles. The van der Waals surface area contributed by atoms with Gasteiger partial charge in [-0.2, -0.15) is 0 Å². The first-order chi connectivity index (χ1) is 8.63. The second kappa shape index (κ2) is 5.48. The Kier molecular flexibility index (Phi) is 3.97. The zero-order valence-electron chi connectivity index (χ0n) is 9.84. The van der Waals surface area contributed by atoms with Gasteiger partial charge in [-0.3, -0.25) is 0 Å². The van der Waals surface area contributed by atoms with Gasteiger partial charge in [0.2, 0.25) is 0 Å². The summed E-state index contributed by atoms with van der Waals surface area (Å²) in [6, 6.07) is 2.60. The van der Waals surface area contributed by atoms with E-state index in [1.54, 1.807) is 6.92 Å². The summed E-state index contributed by atoms with van der Waals surface area (Å²) in [5.74, 6) is -0.234. The van der Waals surface area contributed by atoms with Crippen molar-refractivity contribution in [1.82, 2.24) is 4.98 Å². The SMILES string of the molecule is Cc1ccc(F)c(-c2cnc(CCCCl)o2)c1F. The average Bonchev–Trinajstić information content (AvgIpc) is 2.80. The van der Waals surface area contributed by atoms with Crippen LogP contribution in [0.5, 0.6) is 0 Å². The lowest BCUT2D eigenvalue weighted by Gasteiger charge is -2.03. The Labute approximate surface area is 109 Å². The number of hydrogen-bond donors (Lipinski definition) is 0. The normalized spacial score (nSPS) is 10.9. The maximum Gasteiger partial charge on any atom is 0.194 e. The van der Waals surface area contributed by atoms with Gasteiger partial charge in [0.25, 0.3) is 0 Å². The molecule has 1 aromatic heterocycles. The Bertz CT molecular complexity index is 554. The minimum Gasteiger partial charge on any atom is -0.441 e. The summed E-state index contributed by atoms with van der Waals surface area (Å²) in [5.41, 5.74) is 0.199. The van der Waals surface area contributed by atoms with Crippen LogP contribution in [0.4, 0.5) is 8.78 Å². The van der Waals surface area contributed by atoms with E-state index in [9.17, 15) is 8.78 Å². The number of hydrogen-bond acceptors (Lipinski definition) is 2. The molecule has 0 unspecified atom stereocenters. The molecule has 5 heteroatoms. The number of aromatic nitrogens is 1. The minimum absolute atomic E-state index is 0.110. The van der Waals surface area contributed by atoms with Crippen molar-refractivity contribution in [3.63, 3.8) is 0 Å². The lowest BCUT2D eigenvalue weighted by atomic mass is 10.1. The largest absolute Gasteiger partial charge is 0.441 e. The Morgan fingerprint density at radius 2 is 2.11 bits per heavy atom. The van der Waals surface area contributed by atoms with Crippen LogP contribution < -0.4 is 0 Å². The molecule has 0 bridgehead atoms. The van der Waals surface area contributed by atoms with Gasteiger partial charge in [-0.15, -0.1) is 11.6 Å². The van der Waals surface area contributed by atoms with Crippen molar-refractivity contribution in [2.45, 2.75) is 19.8 Å². The fraction of sp³-hybridized carbons (Fsp3) is 0.308. The highest BCUT2D eigenvalue weighted by atomic mass is 35.5. The average molecular weight is 272 g/mol. The number of halogens is 3. The lowest BCUT2D eigenvalue weighted by Crippen LogP contribution is -1.92. The van der Waals surface area contributed by atoms with Crippen molar-refractivity contribution in [1.29, 1.82) is 0 Å². The quantitative estimate of drug-likeness (QED) is 0.783. The maximum atomic E-state index is 13.9. The minimum atomic E-state index is -0.654. The van der Waals surface area contributed by atoms with Crippen molar-refractivity contribution in [3.05, 3.63) is 41.4 Å². The number of benzene rings is 1. The molecule has 0 amide bonds. The van der Waals surface area contributed by atoms with Crippen LogP contribution >= 0.6 is 11.6 Å². The van der Waals surface area contributed by atoms with Gasteiger partial charge >= 0.3 is 0 Å². The van der Waals surface area contributed by atoms with Crippen molar-refractivity contribution < 1.29 is 13.2 Å². The first-order valence-electron chi connectivity index (χ1n) is 5.59. The highest BCUT2D eigenvalue weighted by molar-refractivity contribution is 6.17. The molecule has 0 radical (unpaired) electrons. The maximum absolute atomic E-state index is 13.9. The van der Waals surface area contributed by atoms with Crippen LogP contribution in [-0.2, 0) is 6.42 Å². The number of rotatable bonds is 4. The predicted octanol–water partition coefficient (Wildman–Crippen LogP) is 4.10. The number of aryl methyl sites for hydroxylation is 2. The van der Waals surface area contributed by atoms with Gasteiger partial charge < -0.3 is 4.42 Å². The molecule has 96 valence electrons. The molecular formula is C13H12ClF2NO. The first kappa shape index (κ1) is 13.0. The molecule has 0 atom stereocenters. The molecule has 0 aliphatic carbocycles. The zero-order chi connectivity index (χ0) is 13.1. The standard InChI is InChI=1S/C13H12ClF2NO/c1-8-4-5-9(15)12(13(8)16)10-7-17-11(18-10)3-2-6-14/h4-5,7H,2-3,6H2,1H3. The summed E-state index contributed by atoms with van der Waals surface area (Å²) in [4.78, 5) is 3.98. The van der Waals surface area contributed by atoms with Crippen LogP contribution in [0.1, 0.15) is 17.9 Å². The molecule has 2 rings (SSSR count). The Balaban J connectivity index is 2.37. The molecule has 1 heterocycles. The van der Waals surface area contributed by atoms with Crippen molar-refractivity contribution in [2.75, 3.05) is 5.88 Å². The molecule has 1 aromatic carbocycles. The highest BCUT2D eigenvalue weighted by Crippen LogP contribution is 2.28. The van der Waals surface area contributed by atoms with Gasteiger partial charge in [-0.1, -0.05) is 6.07 Å². The van der Waals surface area contributed by atoms with Gasteiger partial charge in [0.15, 0.2) is 11.7 Å². The van der Waals surface area contributed by atoms with E-state index >= 15 is 0 Å². The molecular weight excluding hydrogens is 260 g/mol. The summed E-state index contributed by atoms with van der Waals surface area (Å²) in [5, 5.41) is 0. The molecule has 0 spiro atoms. The third-order valence-electron chi connectivity index (χ3n) is 2.61. The van der Waals surface area contributed by atoms with Crippen LogP contribution in [0.15, 0.2) is 22.7 Å². The molecule has 0 aliphatic rings. The van der Waals surface area contributed by atoms with E-state index in [-0.39, 0.29) is 11.3 Å². The molecule has 0 fully saturated rings. The predicted molar refractivity (Wildman–Crippen MR) is 65.6 cm³/mol. The number of nitrogens with zero attached hydrogens (tertiary/aromatic N) is 1. The third-order valence-corrected chi connectivity index (χ3v) is 2.88. The van der Waals surface area contributed by atoms with Crippen LogP contribution in [0.25, 0.3) is 11.3 Å². The van der Waals surface area contributed by atoms with Crippen LogP contribution in [0.3, 0.4) is 0 Å². The van der Waals surface area contributed by atoms with E-state index in [1.165, 1.54) is 18.3 Å². The van der Waals surface area contributed by atoms with E-state index in [4.69, 9.17) is 16.0 Å². The Hall–Kier alpha value is -1.42. The van der Waals surface area contributed by atoms with Gasteiger partial charge in [-0.05, 0) is 25.0 Å². The second-order valence-corrected chi connectivity index (χ2v) is 4.34. The van der Waals surface area contributed by atoms with Crippen LogP contribution in [0.2, 0.25) is 0 Å². The van der Waals surface area contributed by atoms with E-state index < -0.39 is 11.6 Å². The van der Waals surface area contributed by atoms with Gasteiger partial charge in [0, 0.05) is 12.3 Å². The molecule has 0 aliphatic heterocycles. The summed E-state index contributed by atoms with van der Waals surface area (Å²) in [6.45, 7) is 1.57. The fourth-order valence-electron chi connectivity index (χ4n) is 1.64. The Morgan fingerprint density at radius 3 is 2.83 bits per heavy atom. The summed E-state index contributed by atoms with van der Waals surface area (Å²) >= 11 is 5.56. The molecule has 18 heavy (non-hydrogen) atoms. The molecule has 0 N–H and O–H groups in total. The summed E-state index contributed by atoms with van der Waals surface area (Å²) in [7, 11) is 0. The smallest absolute Gasteiger partial charge is 0.194 e. The lowest BCUT2D eigenvalue weighted by molar-refractivity contribution is 0.493. The van der Waals surface area contributed by atoms with E-state index in [2.05, 4.69) is 4.98 Å². The van der Waals surface area contributed by atoms with E-state index in [0.717, 1.165) is 0 Å². The zero-order valence-corrected chi connectivity index (χ0v) is 10.6. The topological polar surface area (TPSA) is 26.0 Å². The first-order valence-corrected chi connectivity index (χ1v) is 6.12. The molecule has 0 saturated heterocycles. The van der Waals surface area contributed by atoms with Gasteiger partial charge in [0.05, 0.1) is 11.8 Å². The third kappa shape index (κ3) is 2.53. The van der Waals surface area contributed by atoms with Crippen LogP contribution in [0, 0.1) is 18.6 Å². The van der Waals surface area contributed by atoms with Gasteiger partial charge in [-0.25, -0.2) is 13.8 Å². The van der Waals surface area contributed by atoms with Crippen LogP contribution in [-0.4, -0.2) is 10.9 Å². The van der Waals surface area contributed by atoms with E-state index in [0.29, 0.717) is 30.2 Å². The van der Waals surface area contributed by atoms with Crippen molar-refractivity contribution >= 4 is 11.6 Å². The molecule has 2 aromatic rings. The monoisotopic (exact) mass is 271 g/mol. The van der Waals surface area contributed by atoms with Crippen molar-refractivity contribution in [2.24, 2.45) is 0 Å². The van der Waals surface area contributed by atoms with E-state index in [1.807, 2.05) is 0 Å².